The van der Waals surface area contributed by atoms with E-state index in [-0.39, 0.29) is 0 Å². The number of thioether (sulfide) groups is 1. The Morgan fingerprint density at radius 2 is 2.42 bits per heavy atom. The van der Waals surface area contributed by atoms with Crippen LogP contribution in [0.2, 0.25) is 5.02 Å². The molecular weight excluding hydrogens is 258 g/mol. The van der Waals surface area contributed by atoms with Gasteiger partial charge in [0, 0.05) is 11.8 Å². The molecule has 1 aromatic heterocycles. The summed E-state index contributed by atoms with van der Waals surface area (Å²) in [6, 6.07) is 0. The number of nitrogens with zero attached hydrogens (tertiary/aromatic N) is 1. The van der Waals surface area contributed by atoms with Crippen LogP contribution < -0.4 is 0 Å². The third-order valence-corrected chi connectivity index (χ3v) is 3.32. The molecule has 1 nitrogen and oxygen atoms in total. The molecule has 0 aliphatic rings. The summed E-state index contributed by atoms with van der Waals surface area (Å²) in [7, 11) is 0. The standard InChI is InChI=1S/C8H7BrClNS/c1-3-5-7(10)6(9)4-11-8(5)12-2/h3-4H,1H2,2H3. The number of hydrogen-bond acceptors (Lipinski definition) is 2. The van der Waals surface area contributed by atoms with Gasteiger partial charge in [0.05, 0.1) is 9.50 Å². The molecule has 0 spiro atoms. The number of pyridine rings is 1. The first-order chi connectivity index (χ1) is 5.70. The van der Waals surface area contributed by atoms with Crippen molar-refractivity contribution in [2.45, 2.75) is 5.03 Å². The highest BCUT2D eigenvalue weighted by Gasteiger charge is 2.07. The Hall–Kier alpha value is 0.01000. The van der Waals surface area contributed by atoms with E-state index < -0.39 is 0 Å². The van der Waals surface area contributed by atoms with Crippen molar-refractivity contribution in [3.63, 3.8) is 0 Å². The van der Waals surface area contributed by atoms with E-state index in [0.717, 1.165) is 15.1 Å². The van der Waals surface area contributed by atoms with Gasteiger partial charge in [0.15, 0.2) is 0 Å². The van der Waals surface area contributed by atoms with E-state index in [0.29, 0.717) is 5.02 Å². The van der Waals surface area contributed by atoms with Crippen LogP contribution in [0.5, 0.6) is 0 Å². The number of aromatic nitrogens is 1. The average Bonchev–Trinajstić information content (AvgIpc) is 2.09. The molecular formula is C8H7BrClNS. The first-order valence-corrected chi connectivity index (χ1v) is 5.60. The lowest BCUT2D eigenvalue weighted by atomic mass is 10.3. The SMILES string of the molecule is C=Cc1c(SC)ncc(Br)c1Cl. The van der Waals surface area contributed by atoms with Crippen LogP contribution in [-0.2, 0) is 0 Å². The molecule has 64 valence electrons. The quantitative estimate of drug-likeness (QED) is 0.752. The lowest BCUT2D eigenvalue weighted by Gasteiger charge is -2.04. The van der Waals surface area contributed by atoms with Gasteiger partial charge in [0.1, 0.15) is 5.03 Å². The fourth-order valence-electron chi connectivity index (χ4n) is 0.804. The highest BCUT2D eigenvalue weighted by atomic mass is 79.9. The molecule has 0 aromatic carbocycles. The van der Waals surface area contributed by atoms with Gasteiger partial charge in [0.25, 0.3) is 0 Å². The summed E-state index contributed by atoms with van der Waals surface area (Å²) in [4.78, 5) is 4.19. The molecule has 0 N–H and O–H groups in total. The Bertz CT molecular complexity index is 314. The molecule has 0 amide bonds. The Morgan fingerprint density at radius 1 is 1.75 bits per heavy atom. The summed E-state index contributed by atoms with van der Waals surface area (Å²) in [5.74, 6) is 0. The van der Waals surface area contributed by atoms with Gasteiger partial charge in [-0.25, -0.2) is 4.98 Å². The molecule has 12 heavy (non-hydrogen) atoms. The average molecular weight is 265 g/mol. The van der Waals surface area contributed by atoms with Crippen molar-refractivity contribution in [3.05, 3.63) is 27.8 Å². The minimum absolute atomic E-state index is 0.671. The number of hydrogen-bond donors (Lipinski definition) is 0. The molecule has 0 fully saturated rings. The molecule has 1 heterocycles. The third kappa shape index (κ3) is 1.84. The largest absolute Gasteiger partial charge is 0.248 e. The smallest absolute Gasteiger partial charge is 0.104 e. The fraction of sp³-hybridized carbons (Fsp3) is 0.125. The normalized spacial score (nSPS) is 9.92. The summed E-state index contributed by atoms with van der Waals surface area (Å²) >= 11 is 10.9. The zero-order valence-corrected chi connectivity index (χ0v) is 9.63. The Labute approximate surface area is 89.4 Å². The molecule has 0 unspecified atom stereocenters. The van der Waals surface area contributed by atoms with Gasteiger partial charge in [-0.1, -0.05) is 24.3 Å². The molecule has 0 atom stereocenters. The van der Waals surface area contributed by atoms with Gasteiger partial charge in [0.2, 0.25) is 0 Å². The Morgan fingerprint density at radius 3 is 2.92 bits per heavy atom. The highest BCUT2D eigenvalue weighted by molar-refractivity contribution is 9.10. The second-order valence-corrected chi connectivity index (χ2v) is 4.07. The van der Waals surface area contributed by atoms with E-state index in [9.17, 15) is 0 Å². The molecule has 0 saturated carbocycles. The summed E-state index contributed by atoms with van der Waals surface area (Å²) in [6.07, 6.45) is 5.37. The summed E-state index contributed by atoms with van der Waals surface area (Å²) in [5.41, 5.74) is 0.888. The van der Waals surface area contributed by atoms with Crippen LogP contribution in [0, 0.1) is 0 Å². The number of halogens is 2. The number of rotatable bonds is 2. The van der Waals surface area contributed by atoms with Gasteiger partial charge >= 0.3 is 0 Å². The maximum Gasteiger partial charge on any atom is 0.104 e. The summed E-state index contributed by atoms with van der Waals surface area (Å²) in [5, 5.41) is 1.57. The minimum Gasteiger partial charge on any atom is -0.248 e. The predicted molar refractivity (Wildman–Crippen MR) is 58.8 cm³/mol. The van der Waals surface area contributed by atoms with Crippen molar-refractivity contribution >= 4 is 45.4 Å². The summed E-state index contributed by atoms with van der Waals surface area (Å²) in [6.45, 7) is 3.68. The highest BCUT2D eigenvalue weighted by Crippen LogP contribution is 2.31. The van der Waals surface area contributed by atoms with Gasteiger partial charge in [-0.05, 0) is 22.2 Å². The van der Waals surface area contributed by atoms with E-state index in [1.54, 1.807) is 24.0 Å². The molecule has 1 aromatic rings. The van der Waals surface area contributed by atoms with Crippen LogP contribution in [0.4, 0.5) is 0 Å². The van der Waals surface area contributed by atoms with Crippen LogP contribution in [-0.4, -0.2) is 11.2 Å². The van der Waals surface area contributed by atoms with E-state index in [4.69, 9.17) is 11.6 Å². The van der Waals surface area contributed by atoms with Crippen LogP contribution >= 0.6 is 39.3 Å². The van der Waals surface area contributed by atoms with Crippen LogP contribution in [0.25, 0.3) is 6.08 Å². The first kappa shape index (κ1) is 10.1. The van der Waals surface area contributed by atoms with Crippen LogP contribution in [0.1, 0.15) is 5.56 Å². The Kier molecular flexibility index (Phi) is 3.62. The van der Waals surface area contributed by atoms with Crippen molar-refractivity contribution in [1.29, 1.82) is 0 Å². The zero-order chi connectivity index (χ0) is 9.14. The van der Waals surface area contributed by atoms with Crippen molar-refractivity contribution in [3.8, 4) is 0 Å². The van der Waals surface area contributed by atoms with E-state index in [1.807, 2.05) is 6.26 Å². The second kappa shape index (κ2) is 4.30. The monoisotopic (exact) mass is 263 g/mol. The molecule has 0 aliphatic heterocycles. The molecule has 0 radical (unpaired) electrons. The topological polar surface area (TPSA) is 12.9 Å². The maximum absolute atomic E-state index is 6.01. The molecule has 0 aliphatic carbocycles. The summed E-state index contributed by atoms with van der Waals surface area (Å²) < 4.78 is 0.803. The van der Waals surface area contributed by atoms with Crippen LogP contribution in [0.3, 0.4) is 0 Å². The van der Waals surface area contributed by atoms with Crippen molar-refractivity contribution in [1.82, 2.24) is 4.98 Å². The maximum atomic E-state index is 6.01. The minimum atomic E-state index is 0.671. The first-order valence-electron chi connectivity index (χ1n) is 3.21. The fourth-order valence-corrected chi connectivity index (χ4v) is 1.95. The lowest BCUT2D eigenvalue weighted by molar-refractivity contribution is 1.11. The van der Waals surface area contributed by atoms with Gasteiger partial charge in [-0.3, -0.25) is 0 Å². The van der Waals surface area contributed by atoms with Crippen molar-refractivity contribution < 1.29 is 0 Å². The predicted octanol–water partition coefficient (Wildman–Crippen LogP) is 3.86. The van der Waals surface area contributed by atoms with Crippen LogP contribution in [0.15, 0.2) is 22.3 Å². The zero-order valence-electron chi connectivity index (χ0n) is 6.47. The van der Waals surface area contributed by atoms with Gasteiger partial charge in [-0.2, -0.15) is 0 Å². The van der Waals surface area contributed by atoms with Gasteiger partial charge in [-0.15, -0.1) is 11.8 Å². The van der Waals surface area contributed by atoms with Crippen molar-refractivity contribution in [2.75, 3.05) is 6.26 Å². The lowest BCUT2D eigenvalue weighted by Crippen LogP contribution is -1.86. The third-order valence-electron chi connectivity index (χ3n) is 1.37. The van der Waals surface area contributed by atoms with E-state index in [2.05, 4.69) is 27.5 Å². The molecule has 0 saturated heterocycles. The molecule has 4 heteroatoms. The molecule has 1 rings (SSSR count). The van der Waals surface area contributed by atoms with E-state index >= 15 is 0 Å². The second-order valence-electron chi connectivity index (χ2n) is 2.05. The van der Waals surface area contributed by atoms with Gasteiger partial charge < -0.3 is 0 Å². The van der Waals surface area contributed by atoms with Crippen molar-refractivity contribution in [2.24, 2.45) is 0 Å². The molecule has 0 bridgehead atoms. The van der Waals surface area contributed by atoms with E-state index in [1.165, 1.54) is 0 Å². The Balaban J connectivity index is 3.35.